The van der Waals surface area contributed by atoms with E-state index in [1.165, 1.54) is 5.69 Å². The van der Waals surface area contributed by atoms with Crippen LogP contribution in [0.25, 0.3) is 11.0 Å². The predicted octanol–water partition coefficient (Wildman–Crippen LogP) is 2.20. The first-order chi connectivity index (χ1) is 11.6. The molecule has 24 heavy (non-hydrogen) atoms. The molecule has 0 radical (unpaired) electrons. The predicted molar refractivity (Wildman–Crippen MR) is 95.4 cm³/mol. The largest absolute Gasteiger partial charge is 0.466 e. The number of piperazine rings is 1. The number of rotatable bonds is 5. The second-order valence-corrected chi connectivity index (χ2v) is 6.48. The minimum atomic E-state index is -0.249. The maximum atomic E-state index is 11.6. The Balaban J connectivity index is 1.71. The van der Waals surface area contributed by atoms with E-state index in [9.17, 15) is 4.79 Å². The second kappa shape index (κ2) is 7.21. The quantitative estimate of drug-likeness (QED) is 0.852. The molecule has 130 valence electrons. The maximum absolute atomic E-state index is 11.6. The van der Waals surface area contributed by atoms with Crippen molar-refractivity contribution >= 4 is 22.7 Å². The average molecular weight is 330 g/mol. The molecular weight excluding hydrogens is 304 g/mol. The van der Waals surface area contributed by atoms with Gasteiger partial charge in [-0.15, -0.1) is 0 Å². The highest BCUT2D eigenvalue weighted by Crippen LogP contribution is 2.22. The van der Waals surface area contributed by atoms with Crippen molar-refractivity contribution in [2.24, 2.45) is 0 Å². The van der Waals surface area contributed by atoms with Gasteiger partial charge >= 0.3 is 5.97 Å². The summed E-state index contributed by atoms with van der Waals surface area (Å²) in [6, 6.07) is 6.86. The van der Waals surface area contributed by atoms with E-state index >= 15 is 0 Å². The van der Waals surface area contributed by atoms with Gasteiger partial charge in [0, 0.05) is 37.9 Å². The number of ether oxygens (including phenoxy) is 1. The van der Waals surface area contributed by atoms with Crippen molar-refractivity contribution in [3.63, 3.8) is 0 Å². The lowest BCUT2D eigenvalue weighted by Crippen LogP contribution is -2.48. The normalized spacial score (nSPS) is 16.1. The number of nitrogens with one attached hydrogen (secondary N) is 1. The first kappa shape index (κ1) is 16.8. The summed E-state index contributed by atoms with van der Waals surface area (Å²) >= 11 is 0. The fraction of sp³-hybridized carbons (Fsp3) is 0.556. The number of aromatic amines is 1. The fourth-order valence-electron chi connectivity index (χ4n) is 3.18. The monoisotopic (exact) mass is 330 g/mol. The first-order valence-electron chi connectivity index (χ1n) is 8.70. The molecule has 1 saturated heterocycles. The van der Waals surface area contributed by atoms with Crippen LogP contribution in [-0.4, -0.2) is 59.7 Å². The van der Waals surface area contributed by atoms with E-state index in [0.717, 1.165) is 37.2 Å². The minimum Gasteiger partial charge on any atom is -0.466 e. The zero-order chi connectivity index (χ0) is 17.1. The standard InChI is InChI=1S/C18H26N4O2/c1-4-24-18(23)12-17-19-15-6-5-14(11-16(15)20-17)22-9-7-21(8-10-22)13(2)3/h5-6,11,13H,4,7-10,12H2,1-3H3,(H,19,20). The van der Waals surface area contributed by atoms with Gasteiger partial charge in [-0.3, -0.25) is 9.69 Å². The van der Waals surface area contributed by atoms with Crippen LogP contribution in [0.1, 0.15) is 26.6 Å². The van der Waals surface area contributed by atoms with Crippen LogP contribution in [0.2, 0.25) is 0 Å². The maximum Gasteiger partial charge on any atom is 0.313 e. The molecule has 1 aliphatic heterocycles. The molecular formula is C18H26N4O2. The molecule has 0 atom stereocenters. The van der Waals surface area contributed by atoms with Crippen LogP contribution >= 0.6 is 0 Å². The summed E-state index contributed by atoms with van der Waals surface area (Å²) in [5.41, 5.74) is 3.06. The van der Waals surface area contributed by atoms with Crippen LogP contribution in [0.5, 0.6) is 0 Å². The summed E-state index contributed by atoms with van der Waals surface area (Å²) < 4.78 is 4.98. The van der Waals surface area contributed by atoms with Crippen LogP contribution in [0.4, 0.5) is 5.69 Å². The summed E-state index contributed by atoms with van der Waals surface area (Å²) in [6.07, 6.45) is 0.185. The third kappa shape index (κ3) is 3.70. The number of hydrogen-bond donors (Lipinski definition) is 1. The van der Waals surface area contributed by atoms with Crippen LogP contribution in [0.3, 0.4) is 0 Å². The number of aromatic nitrogens is 2. The van der Waals surface area contributed by atoms with E-state index in [0.29, 0.717) is 18.5 Å². The summed E-state index contributed by atoms with van der Waals surface area (Å²) in [7, 11) is 0. The van der Waals surface area contributed by atoms with Crippen molar-refractivity contribution in [1.82, 2.24) is 14.9 Å². The molecule has 1 aliphatic rings. The van der Waals surface area contributed by atoms with E-state index in [1.807, 2.05) is 13.0 Å². The van der Waals surface area contributed by atoms with Gasteiger partial charge in [-0.25, -0.2) is 4.98 Å². The summed E-state index contributed by atoms with van der Waals surface area (Å²) in [5, 5.41) is 0. The number of H-pyrrole nitrogens is 1. The smallest absolute Gasteiger partial charge is 0.313 e. The number of carbonyl (C=O) groups is 1. The molecule has 1 aromatic heterocycles. The minimum absolute atomic E-state index is 0.185. The van der Waals surface area contributed by atoms with Gasteiger partial charge in [-0.1, -0.05) is 0 Å². The van der Waals surface area contributed by atoms with Crippen LogP contribution < -0.4 is 4.90 Å². The van der Waals surface area contributed by atoms with Crippen molar-refractivity contribution in [2.75, 3.05) is 37.7 Å². The molecule has 3 rings (SSSR count). The molecule has 2 heterocycles. The Hall–Kier alpha value is -2.08. The first-order valence-corrected chi connectivity index (χ1v) is 8.70. The Morgan fingerprint density at radius 3 is 2.71 bits per heavy atom. The molecule has 6 nitrogen and oxygen atoms in total. The van der Waals surface area contributed by atoms with Crippen LogP contribution in [0.15, 0.2) is 18.2 Å². The summed E-state index contributed by atoms with van der Waals surface area (Å²) in [6.45, 7) is 10.9. The molecule has 1 aromatic carbocycles. The Labute approximate surface area is 142 Å². The zero-order valence-corrected chi connectivity index (χ0v) is 14.7. The average Bonchev–Trinajstić information content (AvgIpc) is 2.96. The highest BCUT2D eigenvalue weighted by molar-refractivity contribution is 5.81. The zero-order valence-electron chi connectivity index (χ0n) is 14.7. The molecule has 0 saturated carbocycles. The lowest BCUT2D eigenvalue weighted by atomic mass is 10.2. The third-order valence-corrected chi connectivity index (χ3v) is 4.54. The fourth-order valence-corrected chi connectivity index (χ4v) is 3.18. The molecule has 2 aromatic rings. The van der Waals surface area contributed by atoms with Crippen molar-refractivity contribution < 1.29 is 9.53 Å². The Morgan fingerprint density at radius 2 is 2.04 bits per heavy atom. The molecule has 0 unspecified atom stereocenters. The molecule has 1 fully saturated rings. The molecule has 6 heteroatoms. The Bertz CT molecular complexity index is 702. The van der Waals surface area contributed by atoms with E-state index in [-0.39, 0.29) is 12.4 Å². The SMILES string of the molecule is CCOC(=O)Cc1nc2ccc(N3CCN(C(C)C)CC3)cc2[nH]1. The lowest BCUT2D eigenvalue weighted by molar-refractivity contribution is -0.142. The molecule has 0 amide bonds. The number of imidazole rings is 1. The number of fused-ring (bicyclic) bond motifs is 1. The summed E-state index contributed by atoms with van der Waals surface area (Å²) in [5.74, 6) is 0.409. The topological polar surface area (TPSA) is 61.5 Å². The second-order valence-electron chi connectivity index (χ2n) is 6.48. The number of carbonyl (C=O) groups excluding carboxylic acids is 1. The van der Waals surface area contributed by atoms with Gasteiger partial charge in [0.05, 0.1) is 17.6 Å². The summed E-state index contributed by atoms with van der Waals surface area (Å²) in [4.78, 5) is 24.2. The number of benzene rings is 1. The molecule has 1 N–H and O–H groups in total. The number of anilines is 1. The number of esters is 1. The van der Waals surface area contributed by atoms with E-state index in [4.69, 9.17) is 4.74 Å². The van der Waals surface area contributed by atoms with Crippen molar-refractivity contribution in [3.05, 3.63) is 24.0 Å². The highest BCUT2D eigenvalue weighted by atomic mass is 16.5. The van der Waals surface area contributed by atoms with Gasteiger partial charge in [0.1, 0.15) is 12.2 Å². The molecule has 0 spiro atoms. The van der Waals surface area contributed by atoms with Gasteiger partial charge in [-0.2, -0.15) is 0 Å². The van der Waals surface area contributed by atoms with Gasteiger partial charge < -0.3 is 14.6 Å². The van der Waals surface area contributed by atoms with Gasteiger partial charge in [0.2, 0.25) is 0 Å². The Morgan fingerprint density at radius 1 is 1.29 bits per heavy atom. The molecule has 0 bridgehead atoms. The number of nitrogens with zero attached hydrogens (tertiary/aromatic N) is 3. The third-order valence-electron chi connectivity index (χ3n) is 4.54. The highest BCUT2D eigenvalue weighted by Gasteiger charge is 2.19. The van der Waals surface area contributed by atoms with Gasteiger partial charge in [-0.05, 0) is 39.0 Å². The number of hydrogen-bond acceptors (Lipinski definition) is 5. The van der Waals surface area contributed by atoms with Crippen molar-refractivity contribution in [3.8, 4) is 0 Å². The van der Waals surface area contributed by atoms with E-state index in [1.54, 1.807) is 0 Å². The lowest BCUT2D eigenvalue weighted by Gasteiger charge is -2.38. The van der Waals surface area contributed by atoms with Crippen molar-refractivity contribution in [1.29, 1.82) is 0 Å². The van der Waals surface area contributed by atoms with E-state index in [2.05, 4.69) is 45.7 Å². The van der Waals surface area contributed by atoms with Crippen LogP contribution in [-0.2, 0) is 16.0 Å². The van der Waals surface area contributed by atoms with Crippen molar-refractivity contribution in [2.45, 2.75) is 33.2 Å². The molecule has 0 aliphatic carbocycles. The Kier molecular flexibility index (Phi) is 5.04. The van der Waals surface area contributed by atoms with Gasteiger partial charge in [0.15, 0.2) is 0 Å². The van der Waals surface area contributed by atoms with Gasteiger partial charge in [0.25, 0.3) is 0 Å². The van der Waals surface area contributed by atoms with Crippen LogP contribution in [0, 0.1) is 0 Å². The van der Waals surface area contributed by atoms with E-state index < -0.39 is 0 Å².